The van der Waals surface area contributed by atoms with E-state index in [1.54, 1.807) is 26.0 Å². The number of ketones is 2. The van der Waals surface area contributed by atoms with Crippen LogP contribution in [0.25, 0.3) is 0 Å². The smallest absolute Gasteiger partial charge is 0.309 e. The fourth-order valence-electron chi connectivity index (χ4n) is 3.81. The minimum absolute atomic E-state index is 0.0884. The van der Waals surface area contributed by atoms with Crippen molar-refractivity contribution in [2.75, 3.05) is 7.11 Å². The van der Waals surface area contributed by atoms with Gasteiger partial charge in [-0.1, -0.05) is 6.07 Å². The summed E-state index contributed by atoms with van der Waals surface area (Å²) in [5, 5.41) is 0. The van der Waals surface area contributed by atoms with E-state index in [-0.39, 0.29) is 29.1 Å². The van der Waals surface area contributed by atoms with Gasteiger partial charge in [-0.2, -0.15) is 0 Å². The van der Waals surface area contributed by atoms with Gasteiger partial charge in [0, 0.05) is 11.1 Å². The molecular weight excluding hydrogens is 312 g/mol. The van der Waals surface area contributed by atoms with Gasteiger partial charge in [-0.15, -0.1) is 0 Å². The van der Waals surface area contributed by atoms with Crippen molar-refractivity contribution in [3.05, 3.63) is 40.0 Å². The fourth-order valence-corrected chi connectivity index (χ4v) is 3.81. The highest BCUT2D eigenvalue weighted by Gasteiger charge is 2.51. The number of Topliss-reactive ketones (excluding diaryl/α,β-unsaturated/α-hetero) is 2. The zero-order valence-corrected chi connectivity index (χ0v) is 13.5. The first kappa shape index (κ1) is 15.1. The minimum atomic E-state index is -0.821. The fraction of sp³-hybridized carbons (Fsp3) is 0.389. The van der Waals surface area contributed by atoms with E-state index in [1.807, 2.05) is 0 Å². The summed E-state index contributed by atoms with van der Waals surface area (Å²) < 4.78 is 16.3. The first-order valence-electron chi connectivity index (χ1n) is 7.80. The lowest BCUT2D eigenvalue weighted by molar-refractivity contribution is -0.140. The van der Waals surface area contributed by atoms with Gasteiger partial charge < -0.3 is 14.2 Å². The van der Waals surface area contributed by atoms with Crippen LogP contribution in [0.4, 0.5) is 0 Å². The highest BCUT2D eigenvalue weighted by molar-refractivity contribution is 6.29. The Morgan fingerprint density at radius 2 is 1.79 bits per heavy atom. The normalized spacial score (nSPS) is 28.3. The van der Waals surface area contributed by atoms with Crippen LogP contribution in [0.2, 0.25) is 0 Å². The molecule has 4 rings (SSSR count). The van der Waals surface area contributed by atoms with Gasteiger partial charge in [0.1, 0.15) is 11.9 Å². The molecule has 1 saturated heterocycles. The maximum Gasteiger partial charge on any atom is 0.309 e. The number of rotatable bonds is 1. The van der Waals surface area contributed by atoms with Gasteiger partial charge in [0.25, 0.3) is 0 Å². The average molecular weight is 328 g/mol. The summed E-state index contributed by atoms with van der Waals surface area (Å²) in [7, 11) is 1.46. The molecule has 1 aliphatic carbocycles. The maximum atomic E-state index is 13.2. The van der Waals surface area contributed by atoms with E-state index in [0.29, 0.717) is 22.4 Å². The molecule has 6 nitrogen and oxygen atoms in total. The zero-order chi connectivity index (χ0) is 17.2. The van der Waals surface area contributed by atoms with Gasteiger partial charge in [-0.05, 0) is 25.5 Å². The highest BCUT2D eigenvalue weighted by Crippen LogP contribution is 2.43. The van der Waals surface area contributed by atoms with Crippen molar-refractivity contribution in [3.8, 4) is 5.75 Å². The number of benzene rings is 1. The third kappa shape index (κ3) is 1.83. The molecule has 0 aromatic heterocycles. The van der Waals surface area contributed by atoms with E-state index in [1.165, 1.54) is 7.11 Å². The number of carbonyl (C=O) groups is 3. The summed E-state index contributed by atoms with van der Waals surface area (Å²) >= 11 is 0. The lowest BCUT2D eigenvalue weighted by atomic mass is 9.76. The third-order valence-electron chi connectivity index (χ3n) is 4.86. The Morgan fingerprint density at radius 1 is 1.08 bits per heavy atom. The van der Waals surface area contributed by atoms with E-state index in [0.717, 1.165) is 0 Å². The molecule has 6 heteroatoms. The SMILES string of the molecule is COc1ccc(C)c2c1C(=O)C1=C(C2=O)[C@H](C)O[C@H]2CC(=O)O[C@@H]12. The van der Waals surface area contributed by atoms with Gasteiger partial charge in [-0.25, -0.2) is 0 Å². The molecule has 3 atom stereocenters. The van der Waals surface area contributed by atoms with Crippen molar-refractivity contribution in [2.45, 2.75) is 38.6 Å². The van der Waals surface area contributed by atoms with Gasteiger partial charge in [0.05, 0.1) is 30.8 Å². The van der Waals surface area contributed by atoms with Crippen molar-refractivity contribution >= 4 is 17.5 Å². The molecule has 0 saturated carbocycles. The Morgan fingerprint density at radius 3 is 2.50 bits per heavy atom. The van der Waals surface area contributed by atoms with Gasteiger partial charge in [-0.3, -0.25) is 14.4 Å². The van der Waals surface area contributed by atoms with E-state index in [4.69, 9.17) is 14.2 Å². The summed E-state index contributed by atoms with van der Waals surface area (Å²) in [6, 6.07) is 3.42. The molecule has 1 aromatic carbocycles. The molecule has 2 heterocycles. The molecule has 1 aromatic rings. The Bertz CT molecular complexity index is 834. The molecule has 0 unspecified atom stereocenters. The molecule has 0 spiro atoms. The Kier molecular flexibility index (Phi) is 3.15. The van der Waals surface area contributed by atoms with E-state index in [9.17, 15) is 14.4 Å². The van der Waals surface area contributed by atoms with Crippen molar-refractivity contribution in [1.82, 2.24) is 0 Å². The largest absolute Gasteiger partial charge is 0.496 e. The second-order valence-corrected chi connectivity index (χ2v) is 6.25. The van der Waals surface area contributed by atoms with Crippen molar-refractivity contribution in [1.29, 1.82) is 0 Å². The van der Waals surface area contributed by atoms with E-state index >= 15 is 0 Å². The first-order chi connectivity index (χ1) is 11.4. The number of carbonyl (C=O) groups excluding carboxylic acids is 3. The molecule has 0 N–H and O–H groups in total. The van der Waals surface area contributed by atoms with Crippen LogP contribution < -0.4 is 4.74 Å². The van der Waals surface area contributed by atoms with Crippen LogP contribution in [-0.2, 0) is 14.3 Å². The summed E-state index contributed by atoms with van der Waals surface area (Å²) in [5.74, 6) is -0.654. The molecule has 3 aliphatic rings. The minimum Gasteiger partial charge on any atom is -0.496 e. The summed E-state index contributed by atoms with van der Waals surface area (Å²) in [5.41, 5.74) is 1.83. The molecule has 24 heavy (non-hydrogen) atoms. The number of fused-ring (bicyclic) bond motifs is 3. The van der Waals surface area contributed by atoms with Crippen molar-refractivity contribution in [2.24, 2.45) is 0 Å². The predicted molar refractivity (Wildman–Crippen MR) is 82.3 cm³/mol. The lowest BCUT2D eigenvalue weighted by Gasteiger charge is -2.35. The molecule has 1 fully saturated rings. The average Bonchev–Trinajstić information content (AvgIpc) is 2.91. The summed E-state index contributed by atoms with van der Waals surface area (Å²) in [4.78, 5) is 37.9. The molecule has 2 aliphatic heterocycles. The van der Waals surface area contributed by atoms with Crippen molar-refractivity contribution < 1.29 is 28.6 Å². The van der Waals surface area contributed by atoms with Crippen LogP contribution >= 0.6 is 0 Å². The van der Waals surface area contributed by atoms with Gasteiger partial charge in [0.2, 0.25) is 0 Å². The lowest BCUT2D eigenvalue weighted by Crippen LogP contribution is -2.44. The number of ether oxygens (including phenoxy) is 3. The van der Waals surface area contributed by atoms with E-state index in [2.05, 4.69) is 0 Å². The topological polar surface area (TPSA) is 78.9 Å². The Balaban J connectivity index is 1.97. The maximum absolute atomic E-state index is 13.2. The van der Waals surface area contributed by atoms with E-state index < -0.39 is 24.3 Å². The van der Waals surface area contributed by atoms with Crippen LogP contribution in [0.15, 0.2) is 23.3 Å². The second-order valence-electron chi connectivity index (χ2n) is 6.25. The quantitative estimate of drug-likeness (QED) is 0.731. The van der Waals surface area contributed by atoms with Crippen LogP contribution in [0.1, 0.15) is 39.6 Å². The van der Waals surface area contributed by atoms with Crippen molar-refractivity contribution in [3.63, 3.8) is 0 Å². The van der Waals surface area contributed by atoms with Crippen LogP contribution in [-0.4, -0.2) is 43.0 Å². The van der Waals surface area contributed by atoms with Crippen LogP contribution in [0, 0.1) is 6.92 Å². The predicted octanol–water partition coefficient (Wildman–Crippen LogP) is 1.78. The molecule has 124 valence electrons. The third-order valence-corrected chi connectivity index (χ3v) is 4.86. The molecule has 0 amide bonds. The number of hydrogen-bond donors (Lipinski definition) is 0. The second kappa shape index (κ2) is 5.01. The van der Waals surface area contributed by atoms with Gasteiger partial charge in [0.15, 0.2) is 17.7 Å². The van der Waals surface area contributed by atoms with Crippen LogP contribution in [0.5, 0.6) is 5.75 Å². The number of aryl methyl sites for hydroxylation is 1. The standard InChI is InChI=1S/C18H16O6/c1-7-4-5-9(22-3)14-12(7)16(20)13-8(2)23-10-6-11(19)24-18(10)15(13)17(14)21/h4-5,8,10,18H,6H2,1-3H3/t8-,10-,18+/m0/s1. The summed E-state index contributed by atoms with van der Waals surface area (Å²) in [6.07, 6.45) is -1.82. The Labute approximate surface area is 138 Å². The number of esters is 1. The van der Waals surface area contributed by atoms with Crippen LogP contribution in [0.3, 0.4) is 0 Å². The van der Waals surface area contributed by atoms with Gasteiger partial charge >= 0.3 is 5.97 Å². The monoisotopic (exact) mass is 328 g/mol. The Hall–Kier alpha value is -2.47. The molecular formula is C18H16O6. The highest BCUT2D eigenvalue weighted by atomic mass is 16.6. The number of methoxy groups -OCH3 is 1. The summed E-state index contributed by atoms with van der Waals surface area (Å²) in [6.45, 7) is 3.50. The zero-order valence-electron chi connectivity index (χ0n) is 13.5. The first-order valence-corrected chi connectivity index (χ1v) is 7.80. The molecule has 0 radical (unpaired) electrons. The number of hydrogen-bond acceptors (Lipinski definition) is 6. The molecule has 0 bridgehead atoms.